The first-order chi connectivity index (χ1) is 30.2. The van der Waals surface area contributed by atoms with Crippen LogP contribution in [-0.2, 0) is 33.3 Å². The number of carboxylic acid groups (broad SMARTS) is 1. The molecule has 62 heavy (non-hydrogen) atoms. The van der Waals surface area contributed by atoms with Crippen LogP contribution in [0.15, 0.2) is 72.9 Å². The van der Waals surface area contributed by atoms with Gasteiger partial charge in [-0.15, -0.1) is 0 Å². The highest BCUT2D eigenvalue weighted by atomic mass is 16.7. The predicted octanol–water partition coefficient (Wildman–Crippen LogP) is 10.9. The lowest BCUT2D eigenvalue weighted by atomic mass is 9.99. The summed E-state index contributed by atoms with van der Waals surface area (Å²) in [5, 5.41) is 39.9. The molecule has 0 radical (unpaired) electrons. The number of aliphatic carboxylic acids is 1. The summed E-state index contributed by atoms with van der Waals surface area (Å²) in [4.78, 5) is 36.9. The van der Waals surface area contributed by atoms with Gasteiger partial charge in [-0.05, 0) is 83.5 Å². The molecule has 1 fully saturated rings. The van der Waals surface area contributed by atoms with Gasteiger partial charge >= 0.3 is 17.9 Å². The Hall–Kier alpha value is -3.35. The van der Waals surface area contributed by atoms with Crippen LogP contribution in [0.3, 0.4) is 0 Å². The molecule has 6 atom stereocenters. The average Bonchev–Trinajstić information content (AvgIpc) is 3.26. The molecule has 4 N–H and O–H groups in total. The van der Waals surface area contributed by atoms with E-state index in [-0.39, 0.29) is 19.4 Å². The number of allylic oxidation sites excluding steroid dienone is 12. The van der Waals surface area contributed by atoms with Gasteiger partial charge in [0.2, 0.25) is 0 Å². The highest BCUT2D eigenvalue weighted by molar-refractivity contribution is 5.73. The van der Waals surface area contributed by atoms with Crippen molar-refractivity contribution in [1.29, 1.82) is 0 Å². The highest BCUT2D eigenvalue weighted by Gasteiger charge is 2.47. The number of carbonyl (C=O) groups excluding carboxylic acids is 2. The Morgan fingerprint density at radius 1 is 0.516 bits per heavy atom. The van der Waals surface area contributed by atoms with Crippen molar-refractivity contribution in [1.82, 2.24) is 0 Å². The SMILES string of the molecule is CC/C=C\C/C=C\C/C=C\C/C=C\CCCCCCCCC(=O)OCC(COC1OC(C(=O)O)C(O)C(O)C1O)OC(=O)CCCCCCCCC/C=C\C/C=C\CCCCC. The molecule has 0 spiro atoms. The summed E-state index contributed by atoms with van der Waals surface area (Å²) in [6.07, 6.45) is 42.3. The number of aliphatic hydroxyl groups is 3. The molecule has 354 valence electrons. The third-order valence-corrected chi connectivity index (χ3v) is 10.5. The maximum atomic E-state index is 12.8. The van der Waals surface area contributed by atoms with E-state index in [2.05, 4.69) is 86.8 Å². The second-order valence-corrected chi connectivity index (χ2v) is 16.2. The van der Waals surface area contributed by atoms with Gasteiger partial charge in [-0.3, -0.25) is 9.59 Å². The number of ether oxygens (including phenoxy) is 4. The summed E-state index contributed by atoms with van der Waals surface area (Å²) < 4.78 is 21.8. The van der Waals surface area contributed by atoms with Gasteiger partial charge in [-0.1, -0.05) is 157 Å². The molecule has 0 aromatic rings. The minimum absolute atomic E-state index is 0.167. The zero-order valence-corrected chi connectivity index (χ0v) is 38.3. The van der Waals surface area contributed by atoms with Crippen LogP contribution in [0.5, 0.6) is 0 Å². The van der Waals surface area contributed by atoms with Gasteiger partial charge in [0.15, 0.2) is 18.5 Å². The molecule has 11 nitrogen and oxygen atoms in total. The van der Waals surface area contributed by atoms with Gasteiger partial charge in [0.1, 0.15) is 24.9 Å². The van der Waals surface area contributed by atoms with Crippen molar-refractivity contribution in [3.8, 4) is 0 Å². The van der Waals surface area contributed by atoms with Crippen LogP contribution in [0.4, 0.5) is 0 Å². The summed E-state index contributed by atoms with van der Waals surface area (Å²) in [5.41, 5.74) is 0. The van der Waals surface area contributed by atoms with Gasteiger partial charge in [0, 0.05) is 12.8 Å². The minimum Gasteiger partial charge on any atom is -0.479 e. The van der Waals surface area contributed by atoms with Crippen molar-refractivity contribution in [2.75, 3.05) is 13.2 Å². The molecule has 1 heterocycles. The molecule has 0 aliphatic carbocycles. The topological polar surface area (TPSA) is 169 Å². The van der Waals surface area contributed by atoms with Crippen molar-refractivity contribution < 1.29 is 53.8 Å². The molecule has 0 aromatic heterocycles. The van der Waals surface area contributed by atoms with Crippen LogP contribution in [0.1, 0.15) is 181 Å². The molecule has 0 aromatic carbocycles. The molecular weight excluding hydrogens is 789 g/mol. The first-order valence-corrected chi connectivity index (χ1v) is 24.0. The van der Waals surface area contributed by atoms with Crippen LogP contribution in [0.25, 0.3) is 0 Å². The van der Waals surface area contributed by atoms with Crippen LogP contribution < -0.4 is 0 Å². The third kappa shape index (κ3) is 31.5. The fraction of sp³-hybridized carbons (Fsp3) is 0.706. The van der Waals surface area contributed by atoms with E-state index in [1.807, 2.05) is 0 Å². The fourth-order valence-electron chi connectivity index (χ4n) is 6.78. The van der Waals surface area contributed by atoms with E-state index >= 15 is 0 Å². The number of unbranched alkanes of at least 4 members (excludes halogenated alkanes) is 16. The molecule has 11 heteroatoms. The standard InChI is InChI=1S/C51H84O11/c1-3-5-7-9-11-13-15-17-19-21-22-24-25-27-29-31-33-35-37-39-44(52)59-41-43(42-60-51-48(56)46(54)47(55)49(62-51)50(57)58)61-45(53)40-38-36-34-32-30-28-26-23-20-18-16-14-12-10-8-6-4-2/h5,7,11-14,17-20,22,24,43,46-49,51,54-56H,3-4,6,8-10,15-16,21,23,25-42H2,1-2H3,(H,57,58)/b7-5-,13-11-,14-12-,19-17-,20-18-,24-22-. The minimum atomic E-state index is -1.87. The number of rotatable bonds is 39. The second kappa shape index (κ2) is 40.4. The first kappa shape index (κ1) is 56.7. The normalized spacial score (nSPS) is 20.2. The molecule has 1 saturated heterocycles. The van der Waals surface area contributed by atoms with E-state index in [0.29, 0.717) is 12.8 Å². The molecule has 0 amide bonds. The highest BCUT2D eigenvalue weighted by Crippen LogP contribution is 2.23. The quantitative estimate of drug-likeness (QED) is 0.0263. The molecule has 1 aliphatic rings. The smallest absolute Gasteiger partial charge is 0.335 e. The van der Waals surface area contributed by atoms with Crippen LogP contribution in [-0.4, -0.2) is 88.4 Å². The Labute approximate surface area is 374 Å². The number of hydrogen-bond donors (Lipinski definition) is 4. The Balaban J connectivity index is 2.36. The van der Waals surface area contributed by atoms with Crippen molar-refractivity contribution in [3.05, 3.63) is 72.9 Å². The van der Waals surface area contributed by atoms with E-state index in [1.165, 1.54) is 38.5 Å². The lowest BCUT2D eigenvalue weighted by Crippen LogP contribution is -2.60. The van der Waals surface area contributed by atoms with Gasteiger partial charge in [0.25, 0.3) is 0 Å². The number of esters is 2. The maximum Gasteiger partial charge on any atom is 0.335 e. The van der Waals surface area contributed by atoms with E-state index in [9.17, 15) is 34.8 Å². The van der Waals surface area contributed by atoms with Crippen molar-refractivity contribution in [2.24, 2.45) is 0 Å². The van der Waals surface area contributed by atoms with E-state index in [4.69, 9.17) is 18.9 Å². The molecule has 1 aliphatic heterocycles. The molecule has 0 bridgehead atoms. The van der Waals surface area contributed by atoms with Gasteiger partial charge in [-0.25, -0.2) is 4.79 Å². The zero-order chi connectivity index (χ0) is 45.3. The monoisotopic (exact) mass is 873 g/mol. The Morgan fingerprint density at radius 3 is 1.44 bits per heavy atom. The molecule has 0 saturated carbocycles. The maximum absolute atomic E-state index is 12.8. The largest absolute Gasteiger partial charge is 0.479 e. The number of hydrogen-bond acceptors (Lipinski definition) is 10. The number of aliphatic hydroxyl groups excluding tert-OH is 3. The molecule has 6 unspecified atom stereocenters. The summed E-state index contributed by atoms with van der Waals surface area (Å²) >= 11 is 0. The Bertz CT molecular complexity index is 1300. The van der Waals surface area contributed by atoms with E-state index in [1.54, 1.807) is 0 Å². The van der Waals surface area contributed by atoms with E-state index in [0.717, 1.165) is 103 Å². The fourth-order valence-corrected chi connectivity index (χ4v) is 6.78. The molecule has 1 rings (SSSR count). The second-order valence-electron chi connectivity index (χ2n) is 16.2. The summed E-state index contributed by atoms with van der Waals surface area (Å²) in [5.74, 6) is -2.48. The van der Waals surface area contributed by atoms with Crippen molar-refractivity contribution in [2.45, 2.75) is 218 Å². The lowest BCUT2D eigenvalue weighted by Gasteiger charge is -2.38. The van der Waals surface area contributed by atoms with Crippen molar-refractivity contribution in [3.63, 3.8) is 0 Å². The summed E-state index contributed by atoms with van der Waals surface area (Å²) in [6, 6.07) is 0. The predicted molar refractivity (Wildman–Crippen MR) is 247 cm³/mol. The van der Waals surface area contributed by atoms with Gasteiger partial charge in [-0.2, -0.15) is 0 Å². The summed E-state index contributed by atoms with van der Waals surface area (Å²) in [6.45, 7) is 3.66. The number of carbonyl (C=O) groups is 3. The van der Waals surface area contributed by atoms with Gasteiger partial charge < -0.3 is 39.4 Å². The van der Waals surface area contributed by atoms with Crippen LogP contribution >= 0.6 is 0 Å². The van der Waals surface area contributed by atoms with Crippen LogP contribution in [0.2, 0.25) is 0 Å². The zero-order valence-electron chi connectivity index (χ0n) is 38.3. The summed E-state index contributed by atoms with van der Waals surface area (Å²) in [7, 11) is 0. The van der Waals surface area contributed by atoms with E-state index < -0.39 is 61.3 Å². The van der Waals surface area contributed by atoms with Gasteiger partial charge in [0.05, 0.1) is 6.61 Å². The van der Waals surface area contributed by atoms with Crippen LogP contribution in [0, 0.1) is 0 Å². The molecular formula is C51H84O11. The van der Waals surface area contributed by atoms with Crippen molar-refractivity contribution >= 4 is 17.9 Å². The number of carboxylic acids is 1. The average molecular weight is 873 g/mol. The Kier molecular flexibility index (Phi) is 36.9. The third-order valence-electron chi connectivity index (χ3n) is 10.5. The Morgan fingerprint density at radius 2 is 0.952 bits per heavy atom. The lowest BCUT2D eigenvalue weighted by molar-refractivity contribution is -0.298. The first-order valence-electron chi connectivity index (χ1n) is 24.0.